The molecule has 7 nitrogen and oxygen atoms in total. The van der Waals surface area contributed by atoms with Crippen LogP contribution in [-0.4, -0.2) is 51.1 Å². The lowest BCUT2D eigenvalue weighted by molar-refractivity contribution is -0.896. The number of benzene rings is 1. The molecule has 0 unspecified atom stereocenters. The van der Waals surface area contributed by atoms with Gasteiger partial charge in [0.15, 0.2) is 0 Å². The van der Waals surface area contributed by atoms with Gasteiger partial charge in [-0.05, 0) is 38.1 Å². The van der Waals surface area contributed by atoms with Crippen LogP contribution in [0.4, 0.5) is 5.69 Å². The number of hydrogen-bond acceptors (Lipinski definition) is 4. The molecule has 0 aliphatic rings. The van der Waals surface area contributed by atoms with Crippen molar-refractivity contribution >= 4 is 23.5 Å². The maximum atomic E-state index is 11.8. The Morgan fingerprint density at radius 2 is 1.67 bits per heavy atom. The summed E-state index contributed by atoms with van der Waals surface area (Å²) in [4.78, 5) is 36.3. The monoisotopic (exact) mass is 336 g/mol. The third-order valence-electron chi connectivity index (χ3n) is 3.76. The number of carbonyl (C=O) groups excluding carboxylic acids is 3. The zero-order valence-corrected chi connectivity index (χ0v) is 14.5. The molecule has 0 atom stereocenters. The van der Waals surface area contributed by atoms with Crippen molar-refractivity contribution in [3.8, 4) is 0 Å². The van der Waals surface area contributed by atoms with Gasteiger partial charge in [-0.25, -0.2) is 4.79 Å². The van der Waals surface area contributed by atoms with Crippen LogP contribution in [0.1, 0.15) is 30.6 Å². The number of esters is 1. The molecule has 0 spiro atoms. The average Bonchev–Trinajstić information content (AvgIpc) is 2.61. The molecule has 0 aliphatic heterocycles. The first-order chi connectivity index (χ1) is 11.5. The highest BCUT2D eigenvalue weighted by molar-refractivity contribution is 6.39. The first-order valence-corrected chi connectivity index (χ1v) is 8.12. The summed E-state index contributed by atoms with van der Waals surface area (Å²) in [6.45, 7) is 7.77. The lowest BCUT2D eigenvalue weighted by Crippen LogP contribution is -3.11. The van der Waals surface area contributed by atoms with Crippen LogP contribution in [0.3, 0.4) is 0 Å². The highest BCUT2D eigenvalue weighted by atomic mass is 16.5. The summed E-state index contributed by atoms with van der Waals surface area (Å²) in [5.41, 5.74) is 0.814. The Kier molecular flexibility index (Phi) is 8.49. The number of hydrogen-bond donors (Lipinski definition) is 3. The number of anilines is 1. The minimum atomic E-state index is -0.726. The van der Waals surface area contributed by atoms with E-state index in [1.54, 1.807) is 12.1 Å². The molecule has 0 fully saturated rings. The van der Waals surface area contributed by atoms with Gasteiger partial charge in [-0.3, -0.25) is 9.59 Å². The fraction of sp³-hybridized carbons (Fsp3) is 0.471. The minimum Gasteiger partial charge on any atom is -0.465 e. The lowest BCUT2D eigenvalue weighted by atomic mass is 10.2. The van der Waals surface area contributed by atoms with Crippen molar-refractivity contribution in [2.24, 2.45) is 0 Å². The van der Waals surface area contributed by atoms with E-state index >= 15 is 0 Å². The Morgan fingerprint density at radius 3 is 2.21 bits per heavy atom. The number of nitrogens with one attached hydrogen (secondary N) is 3. The quantitative estimate of drug-likeness (QED) is 0.350. The lowest BCUT2D eigenvalue weighted by Gasteiger charge is -2.15. The first-order valence-electron chi connectivity index (χ1n) is 8.12. The van der Waals surface area contributed by atoms with Crippen molar-refractivity contribution in [1.82, 2.24) is 5.32 Å². The largest absolute Gasteiger partial charge is 0.465 e. The smallest absolute Gasteiger partial charge is 0.337 e. The molecule has 2 amide bonds. The predicted molar refractivity (Wildman–Crippen MR) is 90.9 cm³/mol. The van der Waals surface area contributed by atoms with Crippen LogP contribution in [0.15, 0.2) is 24.3 Å². The van der Waals surface area contributed by atoms with Crippen molar-refractivity contribution in [2.75, 3.05) is 38.6 Å². The van der Waals surface area contributed by atoms with Gasteiger partial charge in [0.25, 0.3) is 0 Å². The molecule has 0 saturated carbocycles. The normalized spacial score (nSPS) is 10.3. The van der Waals surface area contributed by atoms with Gasteiger partial charge in [0, 0.05) is 18.7 Å². The van der Waals surface area contributed by atoms with Crippen molar-refractivity contribution in [3.05, 3.63) is 29.8 Å². The van der Waals surface area contributed by atoms with E-state index in [2.05, 4.69) is 29.2 Å². The molecule has 0 saturated heterocycles. The molecule has 0 radical (unpaired) electrons. The number of methoxy groups -OCH3 is 1. The number of quaternary nitrogens is 1. The summed E-state index contributed by atoms with van der Waals surface area (Å²) >= 11 is 0. The summed E-state index contributed by atoms with van der Waals surface area (Å²) < 4.78 is 4.59. The van der Waals surface area contributed by atoms with Crippen LogP contribution >= 0.6 is 0 Å². The molecule has 0 heterocycles. The average molecular weight is 336 g/mol. The number of rotatable bonds is 8. The standard InChI is InChI=1S/C17H25N3O4/c1-4-20(5-2)12-6-11-18-15(21)16(22)19-14-9-7-13(8-10-14)17(23)24-3/h7-10H,4-6,11-12H2,1-3H3,(H,18,21)(H,19,22)/p+1. The summed E-state index contributed by atoms with van der Waals surface area (Å²) in [6.07, 6.45) is 0.823. The third kappa shape index (κ3) is 6.37. The Hall–Kier alpha value is -2.41. The highest BCUT2D eigenvalue weighted by Gasteiger charge is 2.14. The van der Waals surface area contributed by atoms with E-state index < -0.39 is 17.8 Å². The van der Waals surface area contributed by atoms with Gasteiger partial charge < -0.3 is 20.3 Å². The van der Waals surface area contributed by atoms with Crippen LogP contribution in [0.5, 0.6) is 0 Å². The van der Waals surface area contributed by atoms with Crippen molar-refractivity contribution in [3.63, 3.8) is 0 Å². The van der Waals surface area contributed by atoms with Gasteiger partial charge in [0.1, 0.15) is 0 Å². The molecule has 0 aromatic heterocycles. The second kappa shape index (κ2) is 10.4. The van der Waals surface area contributed by atoms with E-state index in [0.29, 0.717) is 17.8 Å². The van der Waals surface area contributed by atoms with Crippen LogP contribution in [0.2, 0.25) is 0 Å². The second-order valence-electron chi connectivity index (χ2n) is 5.34. The van der Waals surface area contributed by atoms with Crippen molar-refractivity contribution < 1.29 is 24.0 Å². The topological polar surface area (TPSA) is 88.9 Å². The molecule has 1 aromatic rings. The van der Waals surface area contributed by atoms with Gasteiger partial charge >= 0.3 is 17.8 Å². The van der Waals surface area contributed by atoms with E-state index in [0.717, 1.165) is 26.1 Å². The SMILES string of the molecule is CC[NH+](CC)CCCNC(=O)C(=O)Nc1ccc(C(=O)OC)cc1. The molecular weight excluding hydrogens is 310 g/mol. The summed E-state index contributed by atoms with van der Waals surface area (Å²) in [5.74, 6) is -1.85. The third-order valence-corrected chi connectivity index (χ3v) is 3.76. The molecule has 1 aromatic carbocycles. The van der Waals surface area contributed by atoms with E-state index in [4.69, 9.17) is 0 Å². The van der Waals surface area contributed by atoms with E-state index in [-0.39, 0.29) is 0 Å². The molecule has 3 N–H and O–H groups in total. The first kappa shape index (κ1) is 19.6. The Morgan fingerprint density at radius 1 is 1.04 bits per heavy atom. The fourth-order valence-electron chi connectivity index (χ4n) is 2.22. The molecular formula is C17H26N3O4+. The van der Waals surface area contributed by atoms with Crippen molar-refractivity contribution in [1.29, 1.82) is 0 Å². The van der Waals surface area contributed by atoms with Gasteiger partial charge in [-0.15, -0.1) is 0 Å². The number of amides is 2. The van der Waals surface area contributed by atoms with Crippen LogP contribution in [-0.2, 0) is 14.3 Å². The van der Waals surface area contributed by atoms with Gasteiger partial charge in [0.05, 0.1) is 32.3 Å². The maximum Gasteiger partial charge on any atom is 0.337 e. The zero-order chi connectivity index (χ0) is 17.9. The predicted octanol–water partition coefficient (Wildman–Crippen LogP) is -0.157. The Labute approximate surface area is 142 Å². The van der Waals surface area contributed by atoms with E-state index in [1.807, 2.05) is 0 Å². The van der Waals surface area contributed by atoms with Crippen LogP contribution in [0.25, 0.3) is 0 Å². The fourth-order valence-corrected chi connectivity index (χ4v) is 2.22. The molecule has 7 heteroatoms. The molecule has 0 bridgehead atoms. The van der Waals surface area contributed by atoms with Gasteiger partial charge in [-0.1, -0.05) is 0 Å². The molecule has 24 heavy (non-hydrogen) atoms. The Balaban J connectivity index is 2.38. The number of ether oxygens (including phenoxy) is 1. The van der Waals surface area contributed by atoms with Crippen LogP contribution < -0.4 is 15.5 Å². The van der Waals surface area contributed by atoms with Crippen molar-refractivity contribution in [2.45, 2.75) is 20.3 Å². The summed E-state index contributed by atoms with van der Waals surface area (Å²) in [7, 11) is 1.30. The Bertz CT molecular complexity index is 553. The minimum absolute atomic E-state index is 0.374. The number of carbonyl (C=O) groups is 3. The van der Waals surface area contributed by atoms with E-state index in [9.17, 15) is 14.4 Å². The molecule has 0 aliphatic carbocycles. The summed E-state index contributed by atoms with van der Waals surface area (Å²) in [5, 5.41) is 5.10. The second-order valence-corrected chi connectivity index (χ2v) is 5.34. The van der Waals surface area contributed by atoms with Crippen LogP contribution in [0, 0.1) is 0 Å². The maximum absolute atomic E-state index is 11.8. The van der Waals surface area contributed by atoms with Gasteiger partial charge in [0.2, 0.25) is 0 Å². The van der Waals surface area contributed by atoms with E-state index in [1.165, 1.54) is 24.1 Å². The zero-order valence-electron chi connectivity index (χ0n) is 14.5. The summed E-state index contributed by atoms with van der Waals surface area (Å²) in [6, 6.07) is 6.13. The highest BCUT2D eigenvalue weighted by Crippen LogP contribution is 2.10. The van der Waals surface area contributed by atoms with Gasteiger partial charge in [-0.2, -0.15) is 0 Å². The molecule has 132 valence electrons. The molecule has 1 rings (SSSR count).